The first-order valence-corrected chi connectivity index (χ1v) is 6.25. The van der Waals surface area contributed by atoms with E-state index < -0.39 is 0 Å². The van der Waals surface area contributed by atoms with Crippen LogP contribution < -0.4 is 10.6 Å². The van der Waals surface area contributed by atoms with Crippen LogP contribution in [-0.4, -0.2) is 11.0 Å². The molecule has 0 bridgehead atoms. The van der Waals surface area contributed by atoms with Gasteiger partial charge in [-0.2, -0.15) is 0 Å². The molecule has 86 valence electrons. The lowest BCUT2D eigenvalue weighted by Gasteiger charge is -2.06. The summed E-state index contributed by atoms with van der Waals surface area (Å²) in [7, 11) is 0. The van der Waals surface area contributed by atoms with Crippen molar-refractivity contribution in [1.29, 1.82) is 0 Å². The summed E-state index contributed by atoms with van der Waals surface area (Å²) in [5.41, 5.74) is 0.735. The number of carbonyl (C=O) groups is 1. The van der Waals surface area contributed by atoms with E-state index in [0.29, 0.717) is 4.99 Å². The van der Waals surface area contributed by atoms with Crippen LogP contribution in [0.3, 0.4) is 0 Å². The molecule has 0 aliphatic rings. The van der Waals surface area contributed by atoms with Crippen molar-refractivity contribution in [3.05, 3.63) is 52.7 Å². The lowest BCUT2D eigenvalue weighted by Crippen LogP contribution is -2.33. The van der Waals surface area contributed by atoms with Crippen molar-refractivity contribution in [3.8, 4) is 0 Å². The third-order valence-corrected chi connectivity index (χ3v) is 3.34. The molecule has 17 heavy (non-hydrogen) atoms. The molecule has 1 aromatic carbocycles. The van der Waals surface area contributed by atoms with Gasteiger partial charge in [0.1, 0.15) is 4.99 Å². The maximum absolute atomic E-state index is 11.6. The van der Waals surface area contributed by atoms with E-state index in [2.05, 4.69) is 10.6 Å². The molecule has 0 atom stereocenters. The molecule has 0 saturated carbocycles. The molecule has 2 aromatic rings. The van der Waals surface area contributed by atoms with Gasteiger partial charge in [-0.1, -0.05) is 36.5 Å². The SMILES string of the molecule is O=C(NC(=S)c1cccs1)Nc1ccccc1. The van der Waals surface area contributed by atoms with Crippen LogP contribution in [-0.2, 0) is 0 Å². The highest BCUT2D eigenvalue weighted by Gasteiger charge is 2.06. The number of hydrogen-bond donors (Lipinski definition) is 2. The van der Waals surface area contributed by atoms with E-state index in [9.17, 15) is 4.79 Å². The normalized spacial score (nSPS) is 9.65. The van der Waals surface area contributed by atoms with Crippen molar-refractivity contribution in [1.82, 2.24) is 5.32 Å². The summed E-state index contributed by atoms with van der Waals surface area (Å²) in [4.78, 5) is 12.9. The van der Waals surface area contributed by atoms with Crippen LogP contribution in [0, 0.1) is 0 Å². The lowest BCUT2D eigenvalue weighted by molar-refractivity contribution is 0.256. The third kappa shape index (κ3) is 3.37. The maximum atomic E-state index is 11.6. The van der Waals surface area contributed by atoms with Crippen molar-refractivity contribution in [2.75, 3.05) is 5.32 Å². The summed E-state index contributed by atoms with van der Waals surface area (Å²) in [6.45, 7) is 0. The predicted octanol–water partition coefficient (Wildman–Crippen LogP) is 3.25. The second-order valence-electron chi connectivity index (χ2n) is 3.25. The van der Waals surface area contributed by atoms with Crippen LogP contribution in [0.4, 0.5) is 10.5 Å². The van der Waals surface area contributed by atoms with Gasteiger partial charge < -0.3 is 5.32 Å². The average molecular weight is 262 g/mol. The van der Waals surface area contributed by atoms with Gasteiger partial charge in [0.2, 0.25) is 0 Å². The van der Waals surface area contributed by atoms with E-state index in [4.69, 9.17) is 12.2 Å². The van der Waals surface area contributed by atoms with E-state index in [1.54, 1.807) is 0 Å². The van der Waals surface area contributed by atoms with Gasteiger partial charge in [0.25, 0.3) is 0 Å². The molecular weight excluding hydrogens is 252 g/mol. The molecule has 0 fully saturated rings. The first kappa shape index (κ1) is 11.8. The number of anilines is 1. The molecule has 3 nitrogen and oxygen atoms in total. The van der Waals surface area contributed by atoms with Crippen LogP contribution in [0.5, 0.6) is 0 Å². The third-order valence-electron chi connectivity index (χ3n) is 2.00. The molecule has 0 unspecified atom stereocenters. The molecule has 2 rings (SSSR count). The Hall–Kier alpha value is -1.72. The number of rotatable bonds is 2. The van der Waals surface area contributed by atoms with Crippen LogP contribution in [0.2, 0.25) is 0 Å². The van der Waals surface area contributed by atoms with Gasteiger partial charge in [-0.25, -0.2) is 4.79 Å². The minimum atomic E-state index is -0.324. The summed E-state index contributed by atoms with van der Waals surface area (Å²) < 4.78 is 0. The Kier molecular flexibility index (Phi) is 3.85. The van der Waals surface area contributed by atoms with Crippen LogP contribution in [0.1, 0.15) is 4.88 Å². The van der Waals surface area contributed by atoms with E-state index in [1.165, 1.54) is 11.3 Å². The molecule has 2 N–H and O–H groups in total. The van der Waals surface area contributed by atoms with E-state index in [-0.39, 0.29) is 6.03 Å². The zero-order valence-corrected chi connectivity index (χ0v) is 10.5. The maximum Gasteiger partial charge on any atom is 0.324 e. The number of thiocarbonyl (C=S) groups is 1. The highest BCUT2D eigenvalue weighted by molar-refractivity contribution is 7.81. The average Bonchev–Trinajstić information content (AvgIpc) is 2.83. The van der Waals surface area contributed by atoms with Gasteiger partial charge >= 0.3 is 6.03 Å². The zero-order chi connectivity index (χ0) is 12.1. The predicted molar refractivity (Wildman–Crippen MR) is 74.6 cm³/mol. The molecule has 0 saturated heterocycles. The number of para-hydroxylation sites is 1. The molecular formula is C12H10N2OS2. The number of benzene rings is 1. The van der Waals surface area contributed by atoms with Gasteiger partial charge in [-0.05, 0) is 23.6 Å². The van der Waals surface area contributed by atoms with Crippen molar-refractivity contribution >= 4 is 40.3 Å². The van der Waals surface area contributed by atoms with Crippen molar-refractivity contribution in [2.45, 2.75) is 0 Å². The number of nitrogens with one attached hydrogen (secondary N) is 2. The van der Waals surface area contributed by atoms with E-state index in [0.717, 1.165) is 10.6 Å². The Morgan fingerprint density at radius 1 is 1.12 bits per heavy atom. The highest BCUT2D eigenvalue weighted by atomic mass is 32.1. The van der Waals surface area contributed by atoms with Crippen LogP contribution in [0.25, 0.3) is 0 Å². The highest BCUT2D eigenvalue weighted by Crippen LogP contribution is 2.09. The molecule has 0 aliphatic carbocycles. The Morgan fingerprint density at radius 2 is 1.88 bits per heavy atom. The fourth-order valence-electron chi connectivity index (χ4n) is 1.26. The van der Waals surface area contributed by atoms with Crippen molar-refractivity contribution < 1.29 is 4.79 Å². The summed E-state index contributed by atoms with van der Waals surface area (Å²) in [6.07, 6.45) is 0. The summed E-state index contributed by atoms with van der Waals surface area (Å²) in [5.74, 6) is 0. The first-order chi connectivity index (χ1) is 8.25. The molecule has 0 spiro atoms. The molecule has 1 heterocycles. The Morgan fingerprint density at radius 3 is 2.53 bits per heavy atom. The lowest BCUT2D eigenvalue weighted by atomic mass is 10.3. The monoisotopic (exact) mass is 262 g/mol. The second-order valence-corrected chi connectivity index (χ2v) is 4.61. The summed E-state index contributed by atoms with van der Waals surface area (Å²) in [5, 5.41) is 7.24. The van der Waals surface area contributed by atoms with Gasteiger partial charge in [0.05, 0.1) is 4.88 Å². The fourth-order valence-corrected chi connectivity index (χ4v) is 2.18. The quantitative estimate of drug-likeness (QED) is 0.816. The number of urea groups is 1. The van der Waals surface area contributed by atoms with Gasteiger partial charge in [0.15, 0.2) is 0 Å². The number of carbonyl (C=O) groups excluding carboxylic acids is 1. The van der Waals surface area contributed by atoms with Crippen LogP contribution >= 0.6 is 23.6 Å². The minimum absolute atomic E-state index is 0.324. The number of thiophene rings is 1. The Balaban J connectivity index is 1.92. The molecule has 2 amide bonds. The summed E-state index contributed by atoms with van der Waals surface area (Å²) >= 11 is 6.60. The second kappa shape index (κ2) is 5.56. The van der Waals surface area contributed by atoms with E-state index >= 15 is 0 Å². The van der Waals surface area contributed by atoms with Gasteiger partial charge in [-0.15, -0.1) is 11.3 Å². The Bertz CT molecular complexity index is 509. The first-order valence-electron chi connectivity index (χ1n) is 4.96. The smallest absolute Gasteiger partial charge is 0.308 e. The van der Waals surface area contributed by atoms with Crippen molar-refractivity contribution in [2.24, 2.45) is 0 Å². The molecule has 0 radical (unpaired) electrons. The molecule has 5 heteroatoms. The van der Waals surface area contributed by atoms with Crippen molar-refractivity contribution in [3.63, 3.8) is 0 Å². The number of hydrogen-bond acceptors (Lipinski definition) is 3. The fraction of sp³-hybridized carbons (Fsp3) is 0. The van der Waals surface area contributed by atoms with Gasteiger partial charge in [0, 0.05) is 5.69 Å². The van der Waals surface area contributed by atoms with Crippen LogP contribution in [0.15, 0.2) is 47.8 Å². The largest absolute Gasteiger partial charge is 0.324 e. The Labute approximate surface area is 108 Å². The summed E-state index contributed by atoms with van der Waals surface area (Å²) in [6, 6.07) is 12.7. The molecule has 0 aliphatic heterocycles. The number of amides is 2. The standard InChI is InChI=1S/C12H10N2OS2/c15-12(13-9-5-2-1-3-6-9)14-11(16)10-7-4-8-17-10/h1-8H,(H2,13,14,15,16). The van der Waals surface area contributed by atoms with Gasteiger partial charge in [-0.3, -0.25) is 5.32 Å². The van der Waals surface area contributed by atoms with E-state index in [1.807, 2.05) is 47.8 Å². The topological polar surface area (TPSA) is 41.1 Å². The minimum Gasteiger partial charge on any atom is -0.308 e. The molecule has 1 aromatic heterocycles. The zero-order valence-electron chi connectivity index (χ0n) is 8.84.